The van der Waals surface area contributed by atoms with Gasteiger partial charge in [-0.15, -0.1) is 12.4 Å². The van der Waals surface area contributed by atoms with E-state index < -0.39 is 10.0 Å². The summed E-state index contributed by atoms with van der Waals surface area (Å²) in [5, 5.41) is 3.37. The summed E-state index contributed by atoms with van der Waals surface area (Å²) >= 11 is 0. The van der Waals surface area contributed by atoms with Crippen molar-refractivity contribution in [2.75, 3.05) is 32.7 Å². The summed E-state index contributed by atoms with van der Waals surface area (Å²) in [4.78, 5) is 14.9. The number of halogens is 1. The molecule has 1 N–H and O–H groups in total. The van der Waals surface area contributed by atoms with E-state index >= 15 is 0 Å². The van der Waals surface area contributed by atoms with Gasteiger partial charge in [-0.1, -0.05) is 25.5 Å². The lowest BCUT2D eigenvalue weighted by Gasteiger charge is -2.37. The second-order valence-electron chi connectivity index (χ2n) is 7.70. The van der Waals surface area contributed by atoms with Crippen LogP contribution in [0.3, 0.4) is 0 Å². The fourth-order valence-corrected chi connectivity index (χ4v) is 5.45. The third-order valence-electron chi connectivity index (χ3n) is 5.62. The molecule has 0 spiro atoms. The SMILES string of the molecule is CCCc1ccc(S(=O)(=O)N2CCN(C(=O)[C@H]3CCN[C@@H](C)C3)CC2)cc1.Cl. The van der Waals surface area contributed by atoms with Crippen molar-refractivity contribution < 1.29 is 13.2 Å². The quantitative estimate of drug-likeness (QED) is 0.779. The monoisotopic (exact) mass is 429 g/mol. The summed E-state index contributed by atoms with van der Waals surface area (Å²) in [7, 11) is -3.49. The minimum Gasteiger partial charge on any atom is -0.340 e. The summed E-state index contributed by atoms with van der Waals surface area (Å²) < 4.78 is 27.3. The van der Waals surface area contributed by atoms with E-state index in [0.717, 1.165) is 37.8 Å². The van der Waals surface area contributed by atoms with Gasteiger partial charge in [-0.3, -0.25) is 4.79 Å². The van der Waals surface area contributed by atoms with E-state index in [-0.39, 0.29) is 24.2 Å². The molecule has 0 unspecified atom stereocenters. The van der Waals surface area contributed by atoms with Crippen molar-refractivity contribution in [3.8, 4) is 0 Å². The van der Waals surface area contributed by atoms with E-state index in [1.54, 1.807) is 12.1 Å². The van der Waals surface area contributed by atoms with Crippen LogP contribution in [0.15, 0.2) is 29.2 Å². The Kier molecular flexibility index (Phi) is 8.30. The number of amides is 1. The largest absolute Gasteiger partial charge is 0.340 e. The van der Waals surface area contributed by atoms with Gasteiger partial charge in [0.15, 0.2) is 0 Å². The molecule has 0 aliphatic carbocycles. The molecule has 8 heteroatoms. The Labute approximate surface area is 175 Å². The molecule has 6 nitrogen and oxygen atoms in total. The lowest BCUT2D eigenvalue weighted by molar-refractivity contribution is -0.137. The Morgan fingerprint density at radius 2 is 1.79 bits per heavy atom. The highest BCUT2D eigenvalue weighted by Crippen LogP contribution is 2.22. The molecule has 2 fully saturated rings. The molecule has 0 bridgehead atoms. The van der Waals surface area contributed by atoms with E-state index in [0.29, 0.717) is 37.1 Å². The van der Waals surface area contributed by atoms with Crippen molar-refractivity contribution in [3.63, 3.8) is 0 Å². The van der Waals surface area contributed by atoms with Gasteiger partial charge in [-0.2, -0.15) is 4.31 Å². The summed E-state index contributed by atoms with van der Waals surface area (Å²) in [6.45, 7) is 6.77. The summed E-state index contributed by atoms with van der Waals surface area (Å²) in [6, 6.07) is 7.57. The first-order chi connectivity index (χ1) is 12.9. The van der Waals surface area contributed by atoms with Gasteiger partial charge < -0.3 is 10.2 Å². The van der Waals surface area contributed by atoms with Gasteiger partial charge in [0, 0.05) is 38.1 Å². The van der Waals surface area contributed by atoms with Crippen molar-refractivity contribution in [1.82, 2.24) is 14.5 Å². The Bertz CT molecular complexity index is 746. The smallest absolute Gasteiger partial charge is 0.243 e. The van der Waals surface area contributed by atoms with Crippen molar-refractivity contribution in [1.29, 1.82) is 0 Å². The van der Waals surface area contributed by atoms with Gasteiger partial charge in [0.25, 0.3) is 0 Å². The number of benzene rings is 1. The fraction of sp³-hybridized carbons (Fsp3) is 0.650. The van der Waals surface area contributed by atoms with Crippen LogP contribution in [0.5, 0.6) is 0 Å². The van der Waals surface area contributed by atoms with Crippen molar-refractivity contribution in [3.05, 3.63) is 29.8 Å². The zero-order chi connectivity index (χ0) is 19.4. The second kappa shape index (κ2) is 10.1. The average molecular weight is 430 g/mol. The van der Waals surface area contributed by atoms with Crippen LogP contribution < -0.4 is 5.32 Å². The van der Waals surface area contributed by atoms with Gasteiger partial charge in [0.2, 0.25) is 15.9 Å². The van der Waals surface area contributed by atoms with Crippen LogP contribution in [0.2, 0.25) is 0 Å². The number of aryl methyl sites for hydroxylation is 1. The molecule has 1 aromatic carbocycles. The zero-order valence-electron chi connectivity index (χ0n) is 16.8. The molecule has 2 saturated heterocycles. The Morgan fingerprint density at radius 1 is 1.14 bits per heavy atom. The minimum absolute atomic E-state index is 0. The van der Waals surface area contributed by atoms with E-state index in [9.17, 15) is 13.2 Å². The molecule has 2 heterocycles. The third-order valence-corrected chi connectivity index (χ3v) is 7.54. The predicted octanol–water partition coefficient (Wildman–Crippen LogP) is 2.28. The van der Waals surface area contributed by atoms with Crippen LogP contribution >= 0.6 is 12.4 Å². The summed E-state index contributed by atoms with van der Waals surface area (Å²) in [6.07, 6.45) is 3.72. The topological polar surface area (TPSA) is 69.7 Å². The van der Waals surface area contributed by atoms with Gasteiger partial charge in [-0.05, 0) is 50.4 Å². The molecule has 28 heavy (non-hydrogen) atoms. The van der Waals surface area contributed by atoms with Gasteiger partial charge in [0.1, 0.15) is 0 Å². The predicted molar refractivity (Wildman–Crippen MR) is 113 cm³/mol. The number of hydrogen-bond acceptors (Lipinski definition) is 4. The molecule has 2 aliphatic heterocycles. The maximum Gasteiger partial charge on any atom is 0.243 e. The maximum atomic E-state index is 12.9. The number of piperazine rings is 1. The molecular formula is C20H32ClN3O3S. The number of sulfonamides is 1. The van der Waals surface area contributed by atoms with E-state index in [4.69, 9.17) is 0 Å². The first-order valence-corrected chi connectivity index (χ1v) is 11.5. The zero-order valence-corrected chi connectivity index (χ0v) is 18.4. The second-order valence-corrected chi connectivity index (χ2v) is 9.64. The molecule has 158 valence electrons. The molecule has 1 aromatic rings. The average Bonchev–Trinajstić information content (AvgIpc) is 2.68. The lowest BCUT2D eigenvalue weighted by atomic mass is 9.92. The van der Waals surface area contributed by atoms with Crippen LogP contribution in [0, 0.1) is 5.92 Å². The standard InChI is InChI=1S/C20H31N3O3S.ClH/c1-3-4-17-5-7-19(8-6-17)27(25,26)23-13-11-22(12-14-23)20(24)18-9-10-21-16(2)15-18;/h5-8,16,18,21H,3-4,9-15H2,1-2H3;1H/t16-,18-;/m0./s1. The summed E-state index contributed by atoms with van der Waals surface area (Å²) in [5.74, 6) is 0.250. The van der Waals surface area contributed by atoms with E-state index in [2.05, 4.69) is 19.2 Å². The highest BCUT2D eigenvalue weighted by Gasteiger charge is 2.33. The van der Waals surface area contributed by atoms with E-state index in [1.165, 1.54) is 4.31 Å². The van der Waals surface area contributed by atoms with Crippen LogP contribution in [0.25, 0.3) is 0 Å². The number of piperidine rings is 1. The molecule has 0 aromatic heterocycles. The van der Waals surface area contributed by atoms with Crippen LogP contribution in [0.4, 0.5) is 0 Å². The first kappa shape index (κ1) is 23.1. The van der Waals surface area contributed by atoms with Crippen molar-refractivity contribution in [2.45, 2.75) is 50.5 Å². The molecule has 0 saturated carbocycles. The summed E-state index contributed by atoms with van der Waals surface area (Å²) in [5.41, 5.74) is 1.16. The molecule has 3 rings (SSSR count). The number of nitrogens with one attached hydrogen (secondary N) is 1. The van der Waals surface area contributed by atoms with Crippen LogP contribution in [0.1, 0.15) is 38.7 Å². The van der Waals surface area contributed by atoms with Gasteiger partial charge >= 0.3 is 0 Å². The fourth-order valence-electron chi connectivity index (χ4n) is 4.03. The minimum atomic E-state index is -3.49. The molecule has 1 amide bonds. The molecule has 0 radical (unpaired) electrons. The molecule has 2 atom stereocenters. The Morgan fingerprint density at radius 3 is 2.36 bits per heavy atom. The lowest BCUT2D eigenvalue weighted by Crippen LogP contribution is -2.53. The number of nitrogens with zero attached hydrogens (tertiary/aromatic N) is 2. The number of carbonyl (C=O) groups is 1. The van der Waals surface area contributed by atoms with Crippen molar-refractivity contribution >= 4 is 28.3 Å². The van der Waals surface area contributed by atoms with Crippen LogP contribution in [-0.2, 0) is 21.2 Å². The van der Waals surface area contributed by atoms with Crippen molar-refractivity contribution in [2.24, 2.45) is 5.92 Å². The highest BCUT2D eigenvalue weighted by atomic mass is 35.5. The number of rotatable bonds is 5. The number of hydrogen-bond donors (Lipinski definition) is 1. The first-order valence-electron chi connectivity index (χ1n) is 10.0. The molecule has 2 aliphatic rings. The van der Waals surface area contributed by atoms with Gasteiger partial charge in [-0.25, -0.2) is 8.42 Å². The molecular weight excluding hydrogens is 398 g/mol. The third kappa shape index (κ3) is 5.26. The number of carbonyl (C=O) groups excluding carboxylic acids is 1. The van der Waals surface area contributed by atoms with E-state index in [1.807, 2.05) is 17.0 Å². The van der Waals surface area contributed by atoms with Gasteiger partial charge in [0.05, 0.1) is 4.90 Å². The highest BCUT2D eigenvalue weighted by molar-refractivity contribution is 7.89. The Balaban J connectivity index is 0.00000280. The Hall–Kier alpha value is -1.15. The maximum absolute atomic E-state index is 12.9. The van der Waals surface area contributed by atoms with Crippen LogP contribution in [-0.4, -0.2) is 62.3 Å². The normalized spacial score (nSPS) is 23.9.